The van der Waals surface area contributed by atoms with Crippen molar-refractivity contribution in [2.24, 2.45) is 0 Å². The Labute approximate surface area is 224 Å². The monoisotopic (exact) mass is 536 g/mol. The number of halogens is 2. The van der Waals surface area contributed by atoms with E-state index in [1.807, 2.05) is 42.5 Å². The van der Waals surface area contributed by atoms with Crippen molar-refractivity contribution >= 4 is 23.3 Å². The maximum absolute atomic E-state index is 14.1. The first-order valence-corrected chi connectivity index (χ1v) is 12.3. The van der Waals surface area contributed by atoms with Gasteiger partial charge < -0.3 is 19.7 Å². The van der Waals surface area contributed by atoms with E-state index < -0.39 is 29.7 Å². The zero-order valence-electron chi connectivity index (χ0n) is 20.6. The number of hydrogen-bond donors (Lipinski definition) is 2. The van der Waals surface area contributed by atoms with Gasteiger partial charge in [0.2, 0.25) is 5.76 Å². The number of carbonyl (C=O) groups excluding carboxylic acids is 2. The molecular weight excluding hydrogens is 511 g/mol. The van der Waals surface area contributed by atoms with Crippen LogP contribution in [-0.4, -0.2) is 47.8 Å². The van der Waals surface area contributed by atoms with Crippen LogP contribution in [0.4, 0.5) is 4.39 Å². The van der Waals surface area contributed by atoms with Crippen molar-refractivity contribution in [3.63, 3.8) is 0 Å². The third-order valence-corrected chi connectivity index (χ3v) is 6.21. The molecule has 4 rings (SSSR count). The van der Waals surface area contributed by atoms with Gasteiger partial charge in [-0.2, -0.15) is 0 Å². The number of ether oxygens (including phenoxy) is 1. The van der Waals surface area contributed by atoms with E-state index in [2.05, 4.69) is 10.5 Å². The molecule has 1 aromatic heterocycles. The molecule has 1 heterocycles. The van der Waals surface area contributed by atoms with Crippen LogP contribution in [-0.2, 0) is 16.0 Å². The number of benzene rings is 3. The molecule has 2 atom stereocenters. The number of rotatable bonds is 11. The zero-order valence-corrected chi connectivity index (χ0v) is 21.3. The maximum Gasteiger partial charge on any atom is 0.290 e. The van der Waals surface area contributed by atoms with Gasteiger partial charge >= 0.3 is 0 Å². The lowest BCUT2D eigenvalue weighted by molar-refractivity contribution is -0.131. The molecule has 38 heavy (non-hydrogen) atoms. The Morgan fingerprint density at radius 3 is 2.53 bits per heavy atom. The van der Waals surface area contributed by atoms with E-state index in [0.29, 0.717) is 11.4 Å². The van der Waals surface area contributed by atoms with Crippen molar-refractivity contribution in [1.29, 1.82) is 0 Å². The summed E-state index contributed by atoms with van der Waals surface area (Å²) in [5.41, 5.74) is 3.18. The van der Waals surface area contributed by atoms with Crippen LogP contribution >= 0.6 is 11.6 Å². The Hall–Kier alpha value is -3.85. The van der Waals surface area contributed by atoms with Crippen molar-refractivity contribution in [3.8, 4) is 22.4 Å². The Balaban J connectivity index is 1.51. The Bertz CT molecular complexity index is 1410. The SMILES string of the molecule is COCC(=O)[C@H](O)C[C@@H](Cc1ccc(-c2cccc(Cl)c2)cc1)NC(=O)c1cc(-c2ccccc2F)no1. The minimum atomic E-state index is -1.34. The largest absolute Gasteiger partial charge is 0.385 e. The zero-order chi connectivity index (χ0) is 27.1. The number of ketones is 1. The molecule has 9 heteroatoms. The number of hydrogen-bond acceptors (Lipinski definition) is 6. The standard InChI is InChI=1S/C29H26ClFN2O5/c1-37-17-27(35)26(34)15-22(13-18-9-11-19(12-10-18)20-5-4-6-21(30)14-20)32-29(36)28-16-25(33-38-28)23-7-2-3-8-24(23)31/h2-12,14,16,22,26,34H,13,15,17H2,1H3,(H,32,36)/t22-,26-/m1/s1. The summed E-state index contributed by atoms with van der Waals surface area (Å²) in [5, 5.41) is 17.7. The highest BCUT2D eigenvalue weighted by molar-refractivity contribution is 6.30. The van der Waals surface area contributed by atoms with Gasteiger partial charge in [0.25, 0.3) is 5.91 Å². The van der Waals surface area contributed by atoms with Crippen LogP contribution in [0.3, 0.4) is 0 Å². The van der Waals surface area contributed by atoms with Crippen LogP contribution < -0.4 is 5.32 Å². The van der Waals surface area contributed by atoms with Gasteiger partial charge in [0.1, 0.15) is 24.2 Å². The Kier molecular flexibility index (Phi) is 9.02. The molecule has 1 amide bonds. The lowest BCUT2D eigenvalue weighted by Gasteiger charge is -2.21. The number of Topliss-reactive ketones (excluding diaryl/α,β-unsaturated/α-hetero) is 1. The highest BCUT2D eigenvalue weighted by Gasteiger charge is 2.25. The van der Waals surface area contributed by atoms with Crippen LogP contribution in [0.25, 0.3) is 22.4 Å². The molecule has 0 unspecified atom stereocenters. The Morgan fingerprint density at radius 2 is 1.82 bits per heavy atom. The molecule has 3 aromatic carbocycles. The van der Waals surface area contributed by atoms with Gasteiger partial charge in [-0.05, 0) is 47.4 Å². The van der Waals surface area contributed by atoms with Gasteiger partial charge in [-0.15, -0.1) is 0 Å². The topological polar surface area (TPSA) is 102 Å². The molecule has 2 N–H and O–H groups in total. The van der Waals surface area contributed by atoms with Crippen LogP contribution in [0.5, 0.6) is 0 Å². The van der Waals surface area contributed by atoms with Crippen LogP contribution in [0, 0.1) is 5.82 Å². The molecule has 0 aliphatic heterocycles. The molecule has 0 spiro atoms. The number of carbonyl (C=O) groups is 2. The molecule has 0 aliphatic carbocycles. The molecule has 0 bridgehead atoms. The maximum atomic E-state index is 14.1. The first kappa shape index (κ1) is 27.2. The summed E-state index contributed by atoms with van der Waals surface area (Å²) in [5.74, 6) is -1.72. The Morgan fingerprint density at radius 1 is 1.05 bits per heavy atom. The predicted octanol–water partition coefficient (Wildman–Crippen LogP) is 5.11. The smallest absolute Gasteiger partial charge is 0.290 e. The number of amides is 1. The van der Waals surface area contributed by atoms with E-state index in [9.17, 15) is 19.1 Å². The second-order valence-corrected chi connectivity index (χ2v) is 9.23. The predicted molar refractivity (Wildman–Crippen MR) is 141 cm³/mol. The van der Waals surface area contributed by atoms with E-state index >= 15 is 0 Å². The number of aromatic nitrogens is 1. The van der Waals surface area contributed by atoms with Crippen LogP contribution in [0.15, 0.2) is 83.4 Å². The molecule has 0 saturated heterocycles. The normalized spacial score (nSPS) is 12.6. The molecular formula is C29H26ClFN2O5. The summed E-state index contributed by atoms with van der Waals surface area (Å²) in [6, 6.07) is 21.9. The van der Waals surface area contributed by atoms with E-state index in [0.717, 1.165) is 16.7 Å². The van der Waals surface area contributed by atoms with Crippen molar-refractivity contribution in [1.82, 2.24) is 10.5 Å². The molecule has 0 radical (unpaired) electrons. The van der Waals surface area contributed by atoms with Crippen LogP contribution in [0.2, 0.25) is 5.02 Å². The van der Waals surface area contributed by atoms with Gasteiger partial charge in [0.15, 0.2) is 5.78 Å². The second kappa shape index (κ2) is 12.6. The van der Waals surface area contributed by atoms with Crippen molar-refractivity contribution in [2.45, 2.75) is 25.0 Å². The van der Waals surface area contributed by atoms with E-state index in [-0.39, 0.29) is 30.0 Å². The minimum Gasteiger partial charge on any atom is -0.385 e. The van der Waals surface area contributed by atoms with Crippen molar-refractivity contribution < 1.29 is 28.3 Å². The number of aliphatic hydroxyl groups is 1. The van der Waals surface area contributed by atoms with Gasteiger partial charge in [-0.3, -0.25) is 9.59 Å². The average Bonchev–Trinajstić information content (AvgIpc) is 3.40. The fourth-order valence-corrected chi connectivity index (χ4v) is 4.24. The minimum absolute atomic E-state index is 0.0434. The summed E-state index contributed by atoms with van der Waals surface area (Å²) in [7, 11) is 1.36. The molecule has 0 saturated carbocycles. The highest BCUT2D eigenvalue weighted by Crippen LogP contribution is 2.24. The molecule has 0 fully saturated rings. The van der Waals surface area contributed by atoms with E-state index in [1.165, 1.54) is 25.3 Å². The third kappa shape index (κ3) is 6.92. The van der Waals surface area contributed by atoms with Gasteiger partial charge in [-0.1, -0.05) is 65.3 Å². The average molecular weight is 537 g/mol. The van der Waals surface area contributed by atoms with Gasteiger partial charge in [0.05, 0.1) is 0 Å². The summed E-state index contributed by atoms with van der Waals surface area (Å²) < 4.78 is 24.1. The number of aliphatic hydroxyl groups excluding tert-OH is 1. The summed E-state index contributed by atoms with van der Waals surface area (Å²) in [4.78, 5) is 25.1. The number of nitrogens with zero attached hydrogens (tertiary/aromatic N) is 1. The first-order valence-electron chi connectivity index (χ1n) is 11.9. The molecule has 196 valence electrons. The first-order chi connectivity index (χ1) is 18.3. The molecule has 0 aliphatic rings. The summed E-state index contributed by atoms with van der Waals surface area (Å²) >= 11 is 6.10. The third-order valence-electron chi connectivity index (χ3n) is 5.98. The van der Waals surface area contributed by atoms with E-state index in [1.54, 1.807) is 18.2 Å². The van der Waals surface area contributed by atoms with Gasteiger partial charge in [-0.25, -0.2) is 4.39 Å². The van der Waals surface area contributed by atoms with Crippen molar-refractivity contribution in [3.05, 3.63) is 101 Å². The fourth-order valence-electron chi connectivity index (χ4n) is 4.05. The fraction of sp³-hybridized carbons (Fsp3) is 0.207. The van der Waals surface area contributed by atoms with Crippen LogP contribution in [0.1, 0.15) is 22.5 Å². The lowest BCUT2D eigenvalue weighted by Crippen LogP contribution is -2.41. The lowest BCUT2D eigenvalue weighted by atomic mass is 9.96. The van der Waals surface area contributed by atoms with Gasteiger partial charge in [0, 0.05) is 36.2 Å². The second-order valence-electron chi connectivity index (χ2n) is 8.79. The quantitative estimate of drug-likeness (QED) is 0.276. The molecule has 7 nitrogen and oxygen atoms in total. The molecule has 4 aromatic rings. The van der Waals surface area contributed by atoms with E-state index in [4.69, 9.17) is 20.9 Å². The number of nitrogens with one attached hydrogen (secondary N) is 1. The van der Waals surface area contributed by atoms with Crippen molar-refractivity contribution in [2.75, 3.05) is 13.7 Å². The number of methoxy groups -OCH3 is 1. The summed E-state index contributed by atoms with van der Waals surface area (Å²) in [6.07, 6.45) is -1.06. The highest BCUT2D eigenvalue weighted by atomic mass is 35.5. The summed E-state index contributed by atoms with van der Waals surface area (Å²) in [6.45, 7) is -0.246.